The van der Waals surface area contributed by atoms with Crippen LogP contribution < -0.4 is 16.6 Å². The number of hydrogen-bond donors (Lipinski definition) is 2. The van der Waals surface area contributed by atoms with E-state index in [0.717, 1.165) is 38.1 Å². The second-order valence-corrected chi connectivity index (χ2v) is 11.4. The molecule has 0 spiro atoms. The number of carbonyl (C=O) groups is 1. The van der Waals surface area contributed by atoms with Crippen molar-refractivity contribution in [2.75, 3.05) is 44.3 Å². The lowest BCUT2D eigenvalue weighted by molar-refractivity contribution is -0.138. The van der Waals surface area contributed by atoms with Gasteiger partial charge in [0.15, 0.2) is 0 Å². The van der Waals surface area contributed by atoms with Crippen LogP contribution in [0.4, 0.5) is 24.7 Å². The monoisotopic (exact) mass is 571 g/mol. The number of alkyl halides is 3. The van der Waals surface area contributed by atoms with Crippen LogP contribution in [0.1, 0.15) is 61.3 Å². The van der Waals surface area contributed by atoms with Gasteiger partial charge in [-0.3, -0.25) is 14.2 Å². The van der Waals surface area contributed by atoms with Crippen LogP contribution in [-0.4, -0.2) is 63.5 Å². The molecule has 0 saturated carbocycles. The number of nitrogens with one attached hydrogen (secondary N) is 1. The molecule has 3 N–H and O–H groups in total. The molecule has 1 aromatic carbocycles. The van der Waals surface area contributed by atoms with Gasteiger partial charge in [0, 0.05) is 37.3 Å². The van der Waals surface area contributed by atoms with E-state index in [-0.39, 0.29) is 29.0 Å². The number of hydrogen-bond acceptors (Lipinski definition) is 7. The van der Waals surface area contributed by atoms with Crippen LogP contribution >= 0.6 is 0 Å². The first-order valence-corrected chi connectivity index (χ1v) is 14.0. The molecule has 0 bridgehead atoms. The van der Waals surface area contributed by atoms with Crippen molar-refractivity contribution in [3.8, 4) is 0 Å². The third kappa shape index (κ3) is 6.02. The maximum absolute atomic E-state index is 13.4. The van der Waals surface area contributed by atoms with Crippen LogP contribution in [-0.2, 0) is 18.0 Å². The van der Waals surface area contributed by atoms with Crippen molar-refractivity contribution >= 4 is 28.4 Å². The SMILES string of the molecule is C[C@@H](Nc1ncnc2c1cc(C1CCN(C(=O)C3CCN(C)CC3)CC1)c(=O)n2C)c1cc(N)cc(C(F)(F)F)c1. The van der Waals surface area contributed by atoms with Gasteiger partial charge < -0.3 is 20.9 Å². The molecule has 1 atom stereocenters. The van der Waals surface area contributed by atoms with Crippen LogP contribution in [0.5, 0.6) is 0 Å². The maximum atomic E-state index is 13.4. The lowest BCUT2D eigenvalue weighted by Crippen LogP contribution is -2.45. The summed E-state index contributed by atoms with van der Waals surface area (Å²) < 4.78 is 41.6. The number of rotatable bonds is 5. The summed E-state index contributed by atoms with van der Waals surface area (Å²) in [4.78, 5) is 39.3. The Morgan fingerprint density at radius 1 is 1.02 bits per heavy atom. The van der Waals surface area contributed by atoms with Crippen molar-refractivity contribution < 1.29 is 18.0 Å². The Bertz CT molecular complexity index is 1490. The van der Waals surface area contributed by atoms with Crippen molar-refractivity contribution in [1.82, 2.24) is 24.3 Å². The number of piperidine rings is 2. The van der Waals surface area contributed by atoms with E-state index in [1.165, 1.54) is 17.0 Å². The molecule has 2 fully saturated rings. The number of anilines is 2. The minimum absolute atomic E-state index is 0.0151. The number of pyridine rings is 1. The molecule has 5 rings (SSSR count). The second kappa shape index (κ2) is 11.3. The van der Waals surface area contributed by atoms with E-state index in [0.29, 0.717) is 53.9 Å². The van der Waals surface area contributed by atoms with Gasteiger partial charge in [-0.05, 0) is 88.5 Å². The average molecular weight is 572 g/mol. The van der Waals surface area contributed by atoms with Gasteiger partial charge in [-0.2, -0.15) is 13.2 Å². The van der Waals surface area contributed by atoms with Crippen molar-refractivity contribution in [3.63, 3.8) is 0 Å². The average Bonchev–Trinajstić information content (AvgIpc) is 2.94. The van der Waals surface area contributed by atoms with E-state index in [9.17, 15) is 22.8 Å². The van der Waals surface area contributed by atoms with Crippen LogP contribution in [0.2, 0.25) is 0 Å². The summed E-state index contributed by atoms with van der Waals surface area (Å²) in [5.41, 5.74) is 6.22. The molecular weight excluding hydrogens is 535 g/mol. The first-order valence-electron chi connectivity index (χ1n) is 14.0. The molecule has 0 radical (unpaired) electrons. The van der Waals surface area contributed by atoms with Gasteiger partial charge >= 0.3 is 6.18 Å². The number of carbonyl (C=O) groups excluding carboxylic acids is 1. The molecule has 9 nitrogen and oxygen atoms in total. The molecular formula is C29H36F3N7O2. The number of aryl methyl sites for hydroxylation is 1. The fourth-order valence-electron chi connectivity index (χ4n) is 6.00. The number of nitrogens with two attached hydrogens (primary N) is 1. The molecule has 2 saturated heterocycles. The van der Waals surface area contributed by atoms with Crippen LogP contribution in [0, 0.1) is 5.92 Å². The topological polar surface area (TPSA) is 109 Å². The molecule has 2 aromatic heterocycles. The zero-order valence-electron chi connectivity index (χ0n) is 23.5. The van der Waals surface area contributed by atoms with Gasteiger partial charge in [-0.15, -0.1) is 0 Å². The molecule has 3 aromatic rings. The summed E-state index contributed by atoms with van der Waals surface area (Å²) in [6, 6.07) is 4.71. The third-order valence-corrected chi connectivity index (χ3v) is 8.50. The second-order valence-electron chi connectivity index (χ2n) is 11.4. The Kier molecular flexibility index (Phi) is 7.95. The zero-order valence-corrected chi connectivity index (χ0v) is 23.5. The minimum atomic E-state index is -4.52. The first kappa shape index (κ1) is 28.8. The minimum Gasteiger partial charge on any atom is -0.399 e. The quantitative estimate of drug-likeness (QED) is 0.443. The summed E-state index contributed by atoms with van der Waals surface area (Å²) in [5, 5.41) is 3.80. The number of benzene rings is 1. The lowest BCUT2D eigenvalue weighted by atomic mass is 9.88. The number of likely N-dealkylation sites (tertiary alicyclic amines) is 2. The fraction of sp³-hybridized carbons (Fsp3) is 0.517. The largest absolute Gasteiger partial charge is 0.416 e. The normalized spacial score (nSPS) is 18.5. The number of amides is 1. The first-order chi connectivity index (χ1) is 19.4. The highest BCUT2D eigenvalue weighted by Gasteiger charge is 2.33. The van der Waals surface area contributed by atoms with Crippen LogP contribution in [0.15, 0.2) is 35.4 Å². The predicted molar refractivity (Wildman–Crippen MR) is 151 cm³/mol. The number of halogens is 3. The Morgan fingerprint density at radius 2 is 1.71 bits per heavy atom. The van der Waals surface area contributed by atoms with Gasteiger partial charge in [0.1, 0.15) is 17.8 Å². The molecule has 41 heavy (non-hydrogen) atoms. The highest BCUT2D eigenvalue weighted by atomic mass is 19.4. The van der Waals surface area contributed by atoms with E-state index in [2.05, 4.69) is 27.2 Å². The summed E-state index contributed by atoms with van der Waals surface area (Å²) >= 11 is 0. The fourth-order valence-corrected chi connectivity index (χ4v) is 6.00. The smallest absolute Gasteiger partial charge is 0.399 e. The molecule has 12 heteroatoms. The standard InChI is InChI=1S/C29H36F3N7O2/c1-17(20-12-21(29(30,31)32)14-22(33)13-20)36-25-24-15-23(28(41)38(3)26(24)35-16-34-25)18-6-10-39(11-7-18)27(40)19-4-8-37(2)9-5-19/h12-19H,4-11,33H2,1-3H3,(H,34,35,36)/t17-/m1/s1. The van der Waals surface area contributed by atoms with E-state index in [4.69, 9.17) is 5.73 Å². The number of aromatic nitrogens is 3. The van der Waals surface area contributed by atoms with Crippen LogP contribution in [0.25, 0.3) is 11.0 Å². The van der Waals surface area contributed by atoms with Gasteiger partial charge in [-0.25, -0.2) is 9.97 Å². The van der Waals surface area contributed by atoms with Gasteiger partial charge in [0.05, 0.1) is 17.0 Å². The Labute approximate surface area is 236 Å². The maximum Gasteiger partial charge on any atom is 0.416 e. The highest BCUT2D eigenvalue weighted by molar-refractivity contribution is 5.87. The Hall–Kier alpha value is -3.67. The van der Waals surface area contributed by atoms with Crippen molar-refractivity contribution in [2.45, 2.75) is 50.7 Å². The summed E-state index contributed by atoms with van der Waals surface area (Å²) in [5.74, 6) is 0.655. The van der Waals surface area contributed by atoms with E-state index >= 15 is 0 Å². The molecule has 4 heterocycles. The van der Waals surface area contributed by atoms with E-state index in [1.807, 2.05) is 4.90 Å². The van der Waals surface area contributed by atoms with Crippen molar-refractivity contribution in [1.29, 1.82) is 0 Å². The molecule has 0 aliphatic carbocycles. The summed E-state index contributed by atoms with van der Waals surface area (Å²) in [7, 11) is 3.73. The third-order valence-electron chi connectivity index (χ3n) is 8.50. The lowest BCUT2D eigenvalue weighted by Gasteiger charge is -2.36. The summed E-state index contributed by atoms with van der Waals surface area (Å²) in [6.07, 6.45) is -0.0927. The molecule has 220 valence electrons. The number of nitrogen functional groups attached to an aromatic ring is 1. The molecule has 2 aliphatic rings. The Morgan fingerprint density at radius 3 is 2.37 bits per heavy atom. The molecule has 2 aliphatic heterocycles. The Balaban J connectivity index is 1.37. The molecule has 1 amide bonds. The predicted octanol–water partition coefficient (Wildman–Crippen LogP) is 4.15. The number of nitrogens with zero attached hydrogens (tertiary/aromatic N) is 5. The highest BCUT2D eigenvalue weighted by Crippen LogP contribution is 2.35. The van der Waals surface area contributed by atoms with Gasteiger partial charge in [0.25, 0.3) is 5.56 Å². The van der Waals surface area contributed by atoms with E-state index in [1.54, 1.807) is 20.0 Å². The zero-order chi connectivity index (χ0) is 29.5. The summed E-state index contributed by atoms with van der Waals surface area (Å²) in [6.45, 7) is 4.78. The van der Waals surface area contributed by atoms with Crippen molar-refractivity contribution in [3.05, 3.63) is 57.6 Å². The number of fused-ring (bicyclic) bond motifs is 1. The van der Waals surface area contributed by atoms with E-state index < -0.39 is 17.8 Å². The van der Waals surface area contributed by atoms with Gasteiger partial charge in [-0.1, -0.05) is 0 Å². The van der Waals surface area contributed by atoms with Crippen LogP contribution in [0.3, 0.4) is 0 Å². The molecule has 0 unspecified atom stereocenters. The van der Waals surface area contributed by atoms with Gasteiger partial charge in [0.2, 0.25) is 5.91 Å². The van der Waals surface area contributed by atoms with Crippen molar-refractivity contribution in [2.24, 2.45) is 13.0 Å².